The van der Waals surface area contributed by atoms with Crippen molar-refractivity contribution in [2.75, 3.05) is 27.2 Å². The average molecular weight is 357 g/mol. The molecule has 1 N–H and O–H groups in total. The Kier molecular flexibility index (Phi) is 6.38. The largest absolute Gasteiger partial charge is 0.496 e. The summed E-state index contributed by atoms with van der Waals surface area (Å²) in [5, 5.41) is 3.81. The summed E-state index contributed by atoms with van der Waals surface area (Å²) in [5.41, 5.74) is 1.19. The molecule has 3 rings (SSSR count). The summed E-state index contributed by atoms with van der Waals surface area (Å²) in [6.45, 7) is 6.80. The van der Waals surface area contributed by atoms with Crippen molar-refractivity contribution in [2.24, 2.45) is 5.92 Å². The number of hydrogen-bond acceptors (Lipinski definition) is 4. The van der Waals surface area contributed by atoms with Crippen LogP contribution in [0.2, 0.25) is 0 Å². The monoisotopic (exact) mass is 356 g/mol. The second-order valence-electron chi connectivity index (χ2n) is 7.66. The van der Waals surface area contributed by atoms with Crippen molar-refractivity contribution in [1.29, 1.82) is 0 Å². The number of ether oxygens (including phenoxy) is 1. The number of rotatable bonds is 7. The number of methoxy groups -OCH3 is 1. The van der Waals surface area contributed by atoms with Crippen molar-refractivity contribution in [1.82, 2.24) is 10.2 Å². The number of benzene rings is 1. The van der Waals surface area contributed by atoms with Gasteiger partial charge >= 0.3 is 0 Å². The fraction of sp³-hybridized carbons (Fsp3) is 0.545. The molecule has 1 fully saturated rings. The summed E-state index contributed by atoms with van der Waals surface area (Å²) < 4.78 is 11.4. The van der Waals surface area contributed by atoms with Crippen LogP contribution in [-0.2, 0) is 0 Å². The highest BCUT2D eigenvalue weighted by atomic mass is 16.5. The maximum atomic E-state index is 5.75. The molecule has 0 amide bonds. The number of piperidine rings is 1. The first-order chi connectivity index (χ1) is 12.6. The lowest BCUT2D eigenvalue weighted by Crippen LogP contribution is -2.51. The third-order valence-corrected chi connectivity index (χ3v) is 5.85. The van der Waals surface area contributed by atoms with Crippen LogP contribution in [-0.4, -0.2) is 44.2 Å². The lowest BCUT2D eigenvalue weighted by Gasteiger charge is -2.40. The molecule has 0 saturated carbocycles. The molecule has 1 aromatic heterocycles. The molecule has 1 saturated heterocycles. The van der Waals surface area contributed by atoms with Crippen molar-refractivity contribution in [3.8, 4) is 5.75 Å². The number of nitrogens with one attached hydrogen (secondary N) is 1. The summed E-state index contributed by atoms with van der Waals surface area (Å²) in [7, 11) is 3.96. The van der Waals surface area contributed by atoms with E-state index >= 15 is 0 Å². The van der Waals surface area contributed by atoms with Gasteiger partial charge in [0.25, 0.3) is 0 Å². The quantitative estimate of drug-likeness (QED) is 0.809. The maximum absolute atomic E-state index is 5.75. The Bertz CT molecular complexity index is 671. The van der Waals surface area contributed by atoms with Gasteiger partial charge in [-0.1, -0.05) is 25.1 Å². The average Bonchev–Trinajstić information content (AvgIpc) is 3.17. The lowest BCUT2D eigenvalue weighted by molar-refractivity contribution is 0.121. The molecule has 4 nitrogen and oxygen atoms in total. The maximum Gasteiger partial charge on any atom is 0.122 e. The minimum Gasteiger partial charge on any atom is -0.496 e. The van der Waals surface area contributed by atoms with Gasteiger partial charge in [0.2, 0.25) is 0 Å². The fourth-order valence-electron chi connectivity index (χ4n) is 4.13. The summed E-state index contributed by atoms with van der Waals surface area (Å²) in [6, 6.07) is 13.5. The molecule has 142 valence electrons. The molecule has 4 heteroatoms. The molecule has 0 aliphatic carbocycles. The van der Waals surface area contributed by atoms with Gasteiger partial charge in [0.1, 0.15) is 11.5 Å². The Morgan fingerprint density at radius 2 is 2.04 bits per heavy atom. The van der Waals surface area contributed by atoms with E-state index in [2.05, 4.69) is 49.3 Å². The highest BCUT2D eigenvalue weighted by Gasteiger charge is 2.29. The van der Waals surface area contributed by atoms with Crippen LogP contribution in [0.5, 0.6) is 5.75 Å². The number of hydrogen-bond donors (Lipinski definition) is 1. The lowest BCUT2D eigenvalue weighted by atomic mass is 9.88. The minimum atomic E-state index is 0.202. The molecule has 1 aliphatic heterocycles. The van der Waals surface area contributed by atoms with E-state index in [4.69, 9.17) is 9.15 Å². The molecule has 0 radical (unpaired) electrons. The van der Waals surface area contributed by atoms with Crippen LogP contribution in [0.3, 0.4) is 0 Å². The summed E-state index contributed by atoms with van der Waals surface area (Å²) in [5.74, 6) is 2.80. The van der Waals surface area contributed by atoms with Crippen LogP contribution < -0.4 is 10.1 Å². The fourth-order valence-corrected chi connectivity index (χ4v) is 4.13. The van der Waals surface area contributed by atoms with E-state index in [9.17, 15) is 0 Å². The molecular formula is C22H32N2O2. The van der Waals surface area contributed by atoms with Gasteiger partial charge in [0, 0.05) is 30.1 Å². The standard InChI is InChI=1S/C22H32N2O2/c1-16-15-24(3)17(2)14-20(16)23-12-11-19(22-10-7-13-26-22)18-8-5-6-9-21(18)25-4/h5-10,13,16-17,19-20,23H,11-12,14-15H2,1-4H3/t16-,17-,19+,20-/m1/s1. The molecular weight excluding hydrogens is 324 g/mol. The van der Waals surface area contributed by atoms with Crippen LogP contribution in [0.25, 0.3) is 0 Å². The first-order valence-corrected chi connectivity index (χ1v) is 9.70. The Morgan fingerprint density at radius 1 is 1.23 bits per heavy atom. The van der Waals surface area contributed by atoms with Crippen molar-refractivity contribution in [3.63, 3.8) is 0 Å². The molecule has 0 unspecified atom stereocenters. The molecule has 0 bridgehead atoms. The molecule has 26 heavy (non-hydrogen) atoms. The second-order valence-corrected chi connectivity index (χ2v) is 7.66. The first kappa shape index (κ1) is 19.0. The van der Waals surface area contributed by atoms with Gasteiger partial charge in [-0.15, -0.1) is 0 Å². The number of nitrogens with zero attached hydrogens (tertiary/aromatic N) is 1. The van der Waals surface area contributed by atoms with Crippen molar-refractivity contribution in [2.45, 2.75) is 44.7 Å². The van der Waals surface area contributed by atoms with E-state index in [1.807, 2.05) is 18.2 Å². The second kappa shape index (κ2) is 8.74. The van der Waals surface area contributed by atoms with E-state index in [-0.39, 0.29) is 5.92 Å². The van der Waals surface area contributed by atoms with Crippen LogP contribution in [0.4, 0.5) is 0 Å². The normalized spacial score (nSPS) is 25.2. The van der Waals surface area contributed by atoms with Crippen molar-refractivity contribution < 1.29 is 9.15 Å². The van der Waals surface area contributed by atoms with E-state index in [0.29, 0.717) is 18.0 Å². The predicted molar refractivity (Wildman–Crippen MR) is 106 cm³/mol. The van der Waals surface area contributed by atoms with Gasteiger partial charge < -0.3 is 19.4 Å². The third-order valence-electron chi connectivity index (χ3n) is 5.85. The van der Waals surface area contributed by atoms with Gasteiger partial charge in [0.15, 0.2) is 0 Å². The van der Waals surface area contributed by atoms with Crippen LogP contribution in [0.1, 0.15) is 43.9 Å². The van der Waals surface area contributed by atoms with Gasteiger partial charge in [-0.05, 0) is 57.5 Å². The zero-order valence-electron chi connectivity index (χ0n) is 16.4. The Hall–Kier alpha value is -1.78. The first-order valence-electron chi connectivity index (χ1n) is 9.70. The van der Waals surface area contributed by atoms with Crippen LogP contribution >= 0.6 is 0 Å². The highest BCUT2D eigenvalue weighted by molar-refractivity contribution is 5.39. The van der Waals surface area contributed by atoms with Crippen LogP contribution in [0, 0.1) is 5.92 Å². The third kappa shape index (κ3) is 4.30. The van der Waals surface area contributed by atoms with Gasteiger partial charge in [-0.2, -0.15) is 0 Å². The molecule has 1 aliphatic rings. The van der Waals surface area contributed by atoms with E-state index in [1.165, 1.54) is 12.0 Å². The van der Waals surface area contributed by atoms with Gasteiger partial charge in [0.05, 0.1) is 13.4 Å². The molecule has 1 aromatic carbocycles. The molecule has 2 heterocycles. The summed E-state index contributed by atoms with van der Waals surface area (Å²) >= 11 is 0. The highest BCUT2D eigenvalue weighted by Crippen LogP contribution is 2.34. The minimum absolute atomic E-state index is 0.202. The number of para-hydroxylation sites is 1. The Morgan fingerprint density at radius 3 is 2.77 bits per heavy atom. The van der Waals surface area contributed by atoms with Crippen molar-refractivity contribution >= 4 is 0 Å². The van der Waals surface area contributed by atoms with Gasteiger partial charge in [-0.25, -0.2) is 0 Å². The smallest absolute Gasteiger partial charge is 0.122 e. The van der Waals surface area contributed by atoms with E-state index in [1.54, 1.807) is 13.4 Å². The van der Waals surface area contributed by atoms with Crippen molar-refractivity contribution in [3.05, 3.63) is 54.0 Å². The molecule has 2 aromatic rings. The molecule has 0 spiro atoms. The topological polar surface area (TPSA) is 37.6 Å². The zero-order chi connectivity index (χ0) is 18.5. The number of furan rings is 1. The Balaban J connectivity index is 1.68. The summed E-state index contributed by atoms with van der Waals surface area (Å²) in [6.07, 6.45) is 3.95. The summed E-state index contributed by atoms with van der Waals surface area (Å²) in [4.78, 5) is 2.46. The van der Waals surface area contributed by atoms with Crippen LogP contribution in [0.15, 0.2) is 47.1 Å². The van der Waals surface area contributed by atoms with Gasteiger partial charge in [-0.3, -0.25) is 0 Å². The van der Waals surface area contributed by atoms with E-state index < -0.39 is 0 Å². The van der Waals surface area contributed by atoms with E-state index in [0.717, 1.165) is 31.0 Å². The number of likely N-dealkylation sites (tertiary alicyclic amines) is 1. The zero-order valence-corrected chi connectivity index (χ0v) is 16.4. The Labute approximate surface area is 157 Å². The SMILES string of the molecule is COc1ccccc1[C@H](CCN[C@@H]1C[C@@H](C)N(C)C[C@H]1C)c1ccco1. The molecule has 4 atom stereocenters. The predicted octanol–water partition coefficient (Wildman–Crippen LogP) is 4.13.